The molecule has 8 heteroatoms. The molecule has 2 aromatic rings. The molecule has 0 atom stereocenters. The first-order valence-corrected chi connectivity index (χ1v) is 10.4. The second kappa shape index (κ2) is 9.54. The molecule has 0 bridgehead atoms. The molecule has 3 N–H and O–H groups in total. The highest BCUT2D eigenvalue weighted by Gasteiger charge is 2.16. The van der Waals surface area contributed by atoms with Crippen LogP contribution in [0.4, 0.5) is 15.6 Å². The molecule has 7 nitrogen and oxygen atoms in total. The molecule has 1 saturated carbocycles. The molecule has 28 heavy (non-hydrogen) atoms. The minimum absolute atomic E-state index is 0.146. The van der Waals surface area contributed by atoms with Gasteiger partial charge in [-0.05, 0) is 43.5 Å². The number of anilines is 2. The molecule has 0 unspecified atom stereocenters. The van der Waals surface area contributed by atoms with Gasteiger partial charge >= 0.3 is 6.03 Å². The van der Waals surface area contributed by atoms with E-state index in [1.54, 1.807) is 18.6 Å². The van der Waals surface area contributed by atoms with E-state index in [-0.39, 0.29) is 24.4 Å². The molecule has 1 aromatic carbocycles. The molecule has 0 aliphatic heterocycles. The second-order valence-corrected chi connectivity index (χ2v) is 7.84. The quantitative estimate of drug-likeness (QED) is 0.678. The van der Waals surface area contributed by atoms with E-state index in [1.165, 1.54) is 17.8 Å². The number of carbonyl (C=O) groups excluding carboxylic acids is 2. The maximum atomic E-state index is 12.3. The van der Waals surface area contributed by atoms with Gasteiger partial charge in [-0.15, -0.1) is 11.3 Å². The number of carbonyl (C=O) groups is 2. The maximum absolute atomic E-state index is 12.3. The van der Waals surface area contributed by atoms with Gasteiger partial charge in [0, 0.05) is 17.1 Å². The Morgan fingerprint density at radius 1 is 1.21 bits per heavy atom. The van der Waals surface area contributed by atoms with Gasteiger partial charge in [-0.25, -0.2) is 9.78 Å². The first kappa shape index (κ1) is 20.1. The number of nitrogens with zero attached hydrogens (tertiary/aromatic N) is 1. The van der Waals surface area contributed by atoms with Crippen LogP contribution in [0.15, 0.2) is 23.6 Å². The smallest absolute Gasteiger partial charge is 0.321 e. The summed E-state index contributed by atoms with van der Waals surface area (Å²) in [5, 5.41) is 10.9. The monoisotopic (exact) mass is 402 g/mol. The predicted molar refractivity (Wildman–Crippen MR) is 111 cm³/mol. The number of hydrogen-bond donors (Lipinski definition) is 3. The third-order valence-electron chi connectivity index (χ3n) is 4.73. The summed E-state index contributed by atoms with van der Waals surface area (Å²) in [5.41, 5.74) is 2.29. The Morgan fingerprint density at radius 3 is 2.71 bits per heavy atom. The molecular formula is C20H26N4O3S. The summed E-state index contributed by atoms with van der Waals surface area (Å²) in [5.74, 6) is 0.618. The second-order valence-electron chi connectivity index (χ2n) is 6.99. The summed E-state index contributed by atoms with van der Waals surface area (Å²) in [7, 11) is 1.61. The molecule has 0 spiro atoms. The van der Waals surface area contributed by atoms with Gasteiger partial charge in [-0.2, -0.15) is 0 Å². The molecule has 1 fully saturated rings. The molecule has 1 aliphatic carbocycles. The van der Waals surface area contributed by atoms with Gasteiger partial charge in [0.1, 0.15) is 5.75 Å². The Kier molecular flexibility index (Phi) is 6.86. The lowest BCUT2D eigenvalue weighted by molar-refractivity contribution is -0.115. The van der Waals surface area contributed by atoms with Crippen LogP contribution in [0.3, 0.4) is 0 Å². The Labute approximate surface area is 168 Å². The van der Waals surface area contributed by atoms with Crippen molar-refractivity contribution in [1.29, 1.82) is 0 Å². The van der Waals surface area contributed by atoms with E-state index in [0.29, 0.717) is 16.5 Å². The molecule has 1 aromatic heterocycles. The summed E-state index contributed by atoms with van der Waals surface area (Å²) in [4.78, 5) is 28.7. The lowest BCUT2D eigenvalue weighted by Crippen LogP contribution is -2.39. The molecule has 0 radical (unpaired) electrons. The van der Waals surface area contributed by atoms with E-state index in [0.717, 1.165) is 37.0 Å². The fraction of sp³-hybridized carbons (Fsp3) is 0.450. The Hall–Kier alpha value is -2.61. The fourth-order valence-corrected chi connectivity index (χ4v) is 4.04. The predicted octanol–water partition coefficient (Wildman–Crippen LogP) is 4.10. The van der Waals surface area contributed by atoms with Crippen molar-refractivity contribution in [2.75, 3.05) is 17.7 Å². The van der Waals surface area contributed by atoms with Crippen molar-refractivity contribution in [2.24, 2.45) is 0 Å². The highest BCUT2D eigenvalue weighted by Crippen LogP contribution is 2.22. The number of benzene rings is 1. The van der Waals surface area contributed by atoms with Gasteiger partial charge in [0.05, 0.1) is 19.2 Å². The first-order valence-electron chi connectivity index (χ1n) is 9.50. The zero-order valence-corrected chi connectivity index (χ0v) is 17.0. The number of aryl methyl sites for hydroxylation is 1. The van der Waals surface area contributed by atoms with Crippen molar-refractivity contribution in [3.8, 4) is 5.75 Å². The van der Waals surface area contributed by atoms with E-state index in [4.69, 9.17) is 4.74 Å². The van der Waals surface area contributed by atoms with Crippen LogP contribution in [0, 0.1) is 6.92 Å². The van der Waals surface area contributed by atoms with Crippen molar-refractivity contribution in [1.82, 2.24) is 10.3 Å². The molecular weight excluding hydrogens is 376 g/mol. The third-order valence-corrected chi connectivity index (χ3v) is 5.54. The zero-order chi connectivity index (χ0) is 19.9. The fourth-order valence-electron chi connectivity index (χ4n) is 3.34. The first-order chi connectivity index (χ1) is 13.5. The zero-order valence-electron chi connectivity index (χ0n) is 16.2. The average Bonchev–Trinajstić information content (AvgIpc) is 3.09. The number of urea groups is 1. The summed E-state index contributed by atoms with van der Waals surface area (Å²) in [6.07, 6.45) is 5.77. The number of hydrogen-bond acceptors (Lipinski definition) is 5. The van der Waals surface area contributed by atoms with Crippen molar-refractivity contribution >= 4 is 34.1 Å². The topological polar surface area (TPSA) is 92.4 Å². The minimum atomic E-state index is -0.231. The molecule has 3 amide bonds. The lowest BCUT2D eigenvalue weighted by Gasteiger charge is -2.22. The molecule has 0 saturated heterocycles. The number of thiazole rings is 1. The minimum Gasteiger partial charge on any atom is -0.496 e. The number of nitrogens with one attached hydrogen (secondary N) is 3. The SMILES string of the molecule is COc1ccc(NC(=O)Cc2csc(NC(=O)NC3CCCCC3)n2)cc1C. The van der Waals surface area contributed by atoms with Crippen LogP contribution in [0.2, 0.25) is 0 Å². The molecule has 1 heterocycles. The van der Waals surface area contributed by atoms with Gasteiger partial charge in [0.15, 0.2) is 5.13 Å². The van der Waals surface area contributed by atoms with E-state index in [2.05, 4.69) is 20.9 Å². The summed E-state index contributed by atoms with van der Waals surface area (Å²) in [6.45, 7) is 1.92. The van der Waals surface area contributed by atoms with Crippen molar-refractivity contribution in [3.05, 3.63) is 34.8 Å². The van der Waals surface area contributed by atoms with Crippen molar-refractivity contribution < 1.29 is 14.3 Å². The van der Waals surface area contributed by atoms with Crippen LogP contribution in [0.5, 0.6) is 5.75 Å². The van der Waals surface area contributed by atoms with Crippen LogP contribution in [0.1, 0.15) is 43.4 Å². The van der Waals surface area contributed by atoms with Gasteiger partial charge in [0.2, 0.25) is 5.91 Å². The summed E-state index contributed by atoms with van der Waals surface area (Å²) >= 11 is 1.32. The van der Waals surface area contributed by atoms with E-state index in [1.807, 2.05) is 19.1 Å². The number of aromatic nitrogens is 1. The Morgan fingerprint density at radius 2 is 2.00 bits per heavy atom. The standard InChI is InChI=1S/C20H26N4O3S/c1-13-10-15(8-9-17(13)27-2)21-18(25)11-16-12-28-20(23-16)24-19(26)22-14-6-4-3-5-7-14/h8-10,12,14H,3-7,11H2,1-2H3,(H,21,25)(H2,22,23,24,26). The van der Waals surface area contributed by atoms with Crippen LogP contribution in [-0.2, 0) is 11.2 Å². The lowest BCUT2D eigenvalue weighted by atomic mass is 9.96. The molecule has 1 aliphatic rings. The van der Waals surface area contributed by atoms with E-state index >= 15 is 0 Å². The van der Waals surface area contributed by atoms with E-state index in [9.17, 15) is 9.59 Å². The van der Waals surface area contributed by atoms with Gasteiger partial charge < -0.3 is 15.4 Å². The molecule has 150 valence electrons. The number of ether oxygens (including phenoxy) is 1. The van der Waals surface area contributed by atoms with Crippen molar-refractivity contribution in [2.45, 2.75) is 51.5 Å². The van der Waals surface area contributed by atoms with Crippen molar-refractivity contribution in [3.63, 3.8) is 0 Å². The maximum Gasteiger partial charge on any atom is 0.321 e. The third kappa shape index (κ3) is 5.69. The average molecular weight is 403 g/mol. The summed E-state index contributed by atoms with van der Waals surface area (Å²) < 4.78 is 5.22. The van der Waals surface area contributed by atoms with Gasteiger partial charge in [-0.3, -0.25) is 10.1 Å². The highest BCUT2D eigenvalue weighted by molar-refractivity contribution is 7.13. The van der Waals surface area contributed by atoms with Crippen LogP contribution in [0.25, 0.3) is 0 Å². The Bertz CT molecular complexity index is 831. The van der Waals surface area contributed by atoms with Crippen LogP contribution >= 0.6 is 11.3 Å². The summed E-state index contributed by atoms with van der Waals surface area (Å²) in [6, 6.07) is 5.49. The highest BCUT2D eigenvalue weighted by atomic mass is 32.1. The Balaban J connectivity index is 1.48. The van der Waals surface area contributed by atoms with E-state index < -0.39 is 0 Å². The van der Waals surface area contributed by atoms with Gasteiger partial charge in [-0.1, -0.05) is 19.3 Å². The van der Waals surface area contributed by atoms with Crippen LogP contribution in [-0.4, -0.2) is 30.1 Å². The number of amides is 3. The largest absolute Gasteiger partial charge is 0.496 e. The normalized spacial score (nSPS) is 14.4. The number of methoxy groups -OCH3 is 1. The molecule has 3 rings (SSSR count). The number of rotatable bonds is 6. The van der Waals surface area contributed by atoms with Crippen LogP contribution < -0.4 is 20.7 Å². The van der Waals surface area contributed by atoms with Gasteiger partial charge in [0.25, 0.3) is 0 Å².